The van der Waals surface area contributed by atoms with Crippen LogP contribution in [0.1, 0.15) is 19.4 Å². The number of hydrogen-bond donors (Lipinski definition) is 1. The quantitative estimate of drug-likeness (QED) is 0.760. The first-order valence-electron chi connectivity index (χ1n) is 8.24. The van der Waals surface area contributed by atoms with Crippen molar-refractivity contribution in [3.63, 3.8) is 0 Å². The zero-order valence-electron chi connectivity index (χ0n) is 16.3. The fourth-order valence-electron chi connectivity index (χ4n) is 2.59. The molecule has 0 spiro atoms. The molecule has 146 valence electrons. The molecule has 0 unspecified atom stereocenters. The normalized spacial score (nSPS) is 10.9. The fourth-order valence-corrected chi connectivity index (χ4v) is 2.82. The number of hydrogen-bond acceptors (Lipinski definition) is 5. The Morgan fingerprint density at radius 2 is 1.44 bits per heavy atom. The van der Waals surface area contributed by atoms with Crippen LogP contribution in [-0.4, -0.2) is 34.3 Å². The van der Waals surface area contributed by atoms with Crippen molar-refractivity contribution in [3.05, 3.63) is 40.9 Å². The average molecular weight is 394 g/mol. The van der Waals surface area contributed by atoms with E-state index in [9.17, 15) is 4.79 Å². The summed E-state index contributed by atoms with van der Waals surface area (Å²) in [6, 6.07) is 8.62. The van der Waals surface area contributed by atoms with E-state index in [4.69, 9.17) is 30.5 Å². The highest BCUT2D eigenvalue weighted by Gasteiger charge is 2.31. The molecule has 27 heavy (non-hydrogen) atoms. The number of amides is 1. The van der Waals surface area contributed by atoms with Gasteiger partial charge in [-0.25, -0.2) is 0 Å². The van der Waals surface area contributed by atoms with Gasteiger partial charge in [-0.2, -0.15) is 0 Å². The van der Waals surface area contributed by atoms with E-state index in [-0.39, 0.29) is 5.91 Å². The average Bonchev–Trinajstić information content (AvgIpc) is 2.67. The molecule has 0 radical (unpaired) electrons. The summed E-state index contributed by atoms with van der Waals surface area (Å²) in [6.07, 6.45) is 0. The van der Waals surface area contributed by atoms with Crippen LogP contribution in [0, 0.1) is 0 Å². The lowest BCUT2D eigenvalue weighted by Crippen LogP contribution is -2.34. The maximum atomic E-state index is 13.0. The third-order valence-corrected chi connectivity index (χ3v) is 4.69. The summed E-state index contributed by atoms with van der Waals surface area (Å²) in [7, 11) is 6.13. The van der Waals surface area contributed by atoms with Gasteiger partial charge in [0.25, 0.3) is 0 Å². The molecule has 0 fully saturated rings. The Morgan fingerprint density at radius 3 is 2.00 bits per heavy atom. The number of carbonyl (C=O) groups is 1. The van der Waals surface area contributed by atoms with E-state index in [1.165, 1.54) is 14.2 Å². The maximum absolute atomic E-state index is 13.0. The summed E-state index contributed by atoms with van der Waals surface area (Å²) in [5, 5.41) is 3.29. The molecule has 2 aromatic rings. The molecular formula is C20H24ClNO5. The number of methoxy groups -OCH3 is 4. The molecule has 0 aliphatic rings. The summed E-state index contributed by atoms with van der Waals surface area (Å²) in [5.74, 6) is 1.81. The van der Waals surface area contributed by atoms with Crippen LogP contribution in [0.25, 0.3) is 0 Å². The van der Waals surface area contributed by atoms with Crippen molar-refractivity contribution in [2.24, 2.45) is 0 Å². The molecule has 0 saturated carbocycles. The Balaban J connectivity index is 2.37. The largest absolute Gasteiger partial charge is 0.495 e. The Bertz CT molecular complexity index is 835. The molecule has 2 aromatic carbocycles. The zero-order chi connectivity index (χ0) is 20.2. The van der Waals surface area contributed by atoms with Crippen molar-refractivity contribution in [1.29, 1.82) is 0 Å². The molecule has 0 aliphatic carbocycles. The predicted molar refractivity (Wildman–Crippen MR) is 106 cm³/mol. The summed E-state index contributed by atoms with van der Waals surface area (Å²) in [4.78, 5) is 13.0. The van der Waals surface area contributed by atoms with Crippen LogP contribution in [-0.2, 0) is 10.2 Å². The summed E-state index contributed by atoms with van der Waals surface area (Å²) >= 11 is 6.12. The Labute approximate surface area is 164 Å². The topological polar surface area (TPSA) is 66.0 Å². The van der Waals surface area contributed by atoms with Gasteiger partial charge in [0.1, 0.15) is 11.5 Å². The highest BCUT2D eigenvalue weighted by Crippen LogP contribution is 2.38. The SMILES string of the molecule is COc1cc(NC(=O)C(C)(C)c2ccc(OC)c(OC)c2)c(OC)cc1Cl. The number of anilines is 1. The van der Waals surface area contributed by atoms with Gasteiger partial charge in [0, 0.05) is 12.1 Å². The third-order valence-electron chi connectivity index (χ3n) is 4.40. The fraction of sp³-hybridized carbons (Fsp3) is 0.350. The van der Waals surface area contributed by atoms with E-state index in [0.29, 0.717) is 33.7 Å². The lowest BCUT2D eigenvalue weighted by molar-refractivity contribution is -0.120. The minimum Gasteiger partial charge on any atom is -0.495 e. The molecular weight excluding hydrogens is 370 g/mol. The molecule has 1 amide bonds. The minimum atomic E-state index is -0.850. The van der Waals surface area contributed by atoms with Crippen LogP contribution in [0.2, 0.25) is 5.02 Å². The van der Waals surface area contributed by atoms with E-state index in [1.807, 2.05) is 19.9 Å². The molecule has 7 heteroatoms. The van der Waals surface area contributed by atoms with Gasteiger partial charge in [0.2, 0.25) is 5.91 Å². The van der Waals surface area contributed by atoms with Crippen LogP contribution >= 0.6 is 11.6 Å². The van der Waals surface area contributed by atoms with Crippen molar-refractivity contribution in [1.82, 2.24) is 0 Å². The molecule has 0 aromatic heterocycles. The number of halogens is 1. The lowest BCUT2D eigenvalue weighted by atomic mass is 9.83. The van der Waals surface area contributed by atoms with Gasteiger partial charge in [0.05, 0.1) is 44.6 Å². The number of carbonyl (C=O) groups excluding carboxylic acids is 1. The molecule has 2 rings (SSSR count). The van der Waals surface area contributed by atoms with Crippen molar-refractivity contribution in [2.45, 2.75) is 19.3 Å². The molecule has 6 nitrogen and oxygen atoms in total. The standard InChI is InChI=1S/C20H24ClNO5/c1-20(2,12-7-8-15(24-3)18(9-12)27-6)19(23)22-14-11-16(25-4)13(21)10-17(14)26-5/h7-11H,1-6H3,(H,22,23). The van der Waals surface area contributed by atoms with Gasteiger partial charge in [-0.3, -0.25) is 4.79 Å². The highest BCUT2D eigenvalue weighted by atomic mass is 35.5. The molecule has 0 saturated heterocycles. The second kappa shape index (κ2) is 8.39. The Morgan fingerprint density at radius 1 is 0.852 bits per heavy atom. The number of rotatable bonds is 7. The number of benzene rings is 2. The van der Waals surface area contributed by atoms with Gasteiger partial charge in [-0.1, -0.05) is 17.7 Å². The van der Waals surface area contributed by atoms with Crippen LogP contribution in [0.5, 0.6) is 23.0 Å². The van der Waals surface area contributed by atoms with Gasteiger partial charge in [-0.15, -0.1) is 0 Å². The monoisotopic (exact) mass is 393 g/mol. The van der Waals surface area contributed by atoms with E-state index in [0.717, 1.165) is 5.56 Å². The van der Waals surface area contributed by atoms with Crippen molar-refractivity contribution in [2.75, 3.05) is 33.8 Å². The van der Waals surface area contributed by atoms with Crippen LogP contribution in [0.4, 0.5) is 5.69 Å². The molecule has 0 atom stereocenters. The summed E-state index contributed by atoms with van der Waals surface area (Å²) < 4.78 is 21.1. The predicted octanol–water partition coefficient (Wildman–Crippen LogP) is 4.29. The third kappa shape index (κ3) is 4.22. The lowest BCUT2D eigenvalue weighted by Gasteiger charge is -2.26. The van der Waals surface area contributed by atoms with Crippen molar-refractivity contribution in [3.8, 4) is 23.0 Å². The summed E-state index contributed by atoms with van der Waals surface area (Å²) in [6.45, 7) is 3.65. The van der Waals surface area contributed by atoms with Gasteiger partial charge in [0.15, 0.2) is 11.5 Å². The smallest absolute Gasteiger partial charge is 0.234 e. The first-order valence-corrected chi connectivity index (χ1v) is 8.61. The van der Waals surface area contributed by atoms with E-state index < -0.39 is 5.41 Å². The van der Waals surface area contributed by atoms with Crippen LogP contribution in [0.3, 0.4) is 0 Å². The van der Waals surface area contributed by atoms with E-state index in [1.54, 1.807) is 38.5 Å². The first-order chi connectivity index (χ1) is 12.8. The molecule has 1 N–H and O–H groups in total. The van der Waals surface area contributed by atoms with Crippen LogP contribution < -0.4 is 24.3 Å². The highest BCUT2D eigenvalue weighted by molar-refractivity contribution is 6.32. The van der Waals surface area contributed by atoms with E-state index >= 15 is 0 Å². The summed E-state index contributed by atoms with van der Waals surface area (Å²) in [5.41, 5.74) is 0.395. The van der Waals surface area contributed by atoms with Gasteiger partial charge < -0.3 is 24.3 Å². The number of nitrogens with one attached hydrogen (secondary N) is 1. The van der Waals surface area contributed by atoms with Gasteiger partial charge in [-0.05, 0) is 31.5 Å². The zero-order valence-corrected chi connectivity index (χ0v) is 17.1. The van der Waals surface area contributed by atoms with Gasteiger partial charge >= 0.3 is 0 Å². The van der Waals surface area contributed by atoms with E-state index in [2.05, 4.69) is 5.32 Å². The van der Waals surface area contributed by atoms with Crippen molar-refractivity contribution >= 4 is 23.2 Å². The molecule has 0 aliphatic heterocycles. The molecule has 0 heterocycles. The maximum Gasteiger partial charge on any atom is 0.234 e. The van der Waals surface area contributed by atoms with Crippen LogP contribution in [0.15, 0.2) is 30.3 Å². The number of ether oxygens (including phenoxy) is 4. The Kier molecular flexibility index (Phi) is 6.44. The van der Waals surface area contributed by atoms with Crippen molar-refractivity contribution < 1.29 is 23.7 Å². The first kappa shape index (κ1) is 20.7. The second-order valence-corrected chi connectivity index (χ2v) is 6.74. The second-order valence-electron chi connectivity index (χ2n) is 6.34. The Hall–Kier alpha value is -2.60. The molecule has 0 bridgehead atoms. The minimum absolute atomic E-state index is 0.225.